The van der Waals surface area contributed by atoms with E-state index in [1.807, 2.05) is 11.6 Å². The number of aliphatic hydroxyl groups is 1. The molecule has 1 aromatic heterocycles. The van der Waals surface area contributed by atoms with Crippen molar-refractivity contribution in [3.8, 4) is 0 Å². The molecule has 2 aromatic rings. The molecule has 2 N–H and O–H groups in total. The van der Waals surface area contributed by atoms with Gasteiger partial charge in [0.25, 0.3) is 5.91 Å². The third kappa shape index (κ3) is 3.16. The molecule has 6 nitrogen and oxygen atoms in total. The lowest BCUT2D eigenvalue weighted by Crippen LogP contribution is -2.50. The number of nitrogens with one attached hydrogen (secondary N) is 1. The Balaban J connectivity index is 1.76. The maximum atomic E-state index is 12.7. The number of carbonyl (C=O) groups excluding carboxylic acids is 1. The molecule has 0 fully saturated rings. The maximum absolute atomic E-state index is 12.7. The number of carbonyl (C=O) groups is 1. The van der Waals surface area contributed by atoms with Crippen molar-refractivity contribution in [1.29, 1.82) is 0 Å². The molecule has 0 bridgehead atoms. The number of aromatic nitrogens is 3. The highest BCUT2D eigenvalue weighted by Gasteiger charge is 2.37. The van der Waals surface area contributed by atoms with Crippen LogP contribution in [0.2, 0.25) is 5.02 Å². The van der Waals surface area contributed by atoms with Crippen molar-refractivity contribution in [2.45, 2.75) is 51.3 Å². The normalized spacial score (nSPS) is 19.4. The minimum atomic E-state index is -1.59. The summed E-state index contributed by atoms with van der Waals surface area (Å²) in [5.74, 6) is 1.28. The minimum absolute atomic E-state index is 0.0802. The molecule has 0 saturated heterocycles. The molecule has 3 rings (SSSR count). The molecule has 2 atom stereocenters. The fourth-order valence-electron chi connectivity index (χ4n) is 3.10. The molecule has 1 amide bonds. The Morgan fingerprint density at radius 1 is 1.54 bits per heavy atom. The van der Waals surface area contributed by atoms with E-state index in [1.54, 1.807) is 31.2 Å². The summed E-state index contributed by atoms with van der Waals surface area (Å²) < 4.78 is 1.83. The van der Waals surface area contributed by atoms with Gasteiger partial charge in [-0.15, -0.1) is 0 Å². The Hall–Kier alpha value is -1.92. The third-order valence-corrected chi connectivity index (χ3v) is 4.72. The van der Waals surface area contributed by atoms with Gasteiger partial charge in [0.2, 0.25) is 0 Å². The van der Waals surface area contributed by atoms with E-state index in [0.717, 1.165) is 24.5 Å². The van der Waals surface area contributed by atoms with Gasteiger partial charge in [-0.05, 0) is 37.5 Å². The van der Waals surface area contributed by atoms with Crippen LogP contribution < -0.4 is 5.32 Å². The van der Waals surface area contributed by atoms with Gasteiger partial charge in [-0.1, -0.05) is 30.7 Å². The highest BCUT2D eigenvalue weighted by atomic mass is 35.5. The van der Waals surface area contributed by atoms with E-state index in [1.165, 1.54) is 0 Å². The first-order valence-electron chi connectivity index (χ1n) is 8.12. The lowest BCUT2D eigenvalue weighted by Gasteiger charge is -2.30. The molecular weight excluding hydrogens is 328 g/mol. The van der Waals surface area contributed by atoms with E-state index in [9.17, 15) is 9.90 Å². The van der Waals surface area contributed by atoms with Crippen LogP contribution in [-0.4, -0.2) is 31.8 Å². The molecule has 0 radical (unpaired) electrons. The zero-order valence-electron chi connectivity index (χ0n) is 13.8. The Morgan fingerprint density at radius 2 is 2.33 bits per heavy atom. The van der Waals surface area contributed by atoms with E-state index in [0.29, 0.717) is 17.1 Å². The van der Waals surface area contributed by atoms with Crippen molar-refractivity contribution >= 4 is 17.5 Å². The third-order valence-electron chi connectivity index (χ3n) is 4.49. The topological polar surface area (TPSA) is 80.0 Å². The first kappa shape index (κ1) is 16.9. The molecule has 1 aliphatic rings. The van der Waals surface area contributed by atoms with Crippen molar-refractivity contribution in [3.63, 3.8) is 0 Å². The van der Waals surface area contributed by atoms with Crippen LogP contribution >= 0.6 is 11.6 Å². The molecular formula is C17H21ClN4O2. The predicted octanol–water partition coefficient (Wildman–Crippen LogP) is 1.97. The summed E-state index contributed by atoms with van der Waals surface area (Å²) in [7, 11) is 0. The first-order chi connectivity index (χ1) is 11.4. The molecule has 0 unspecified atom stereocenters. The second-order valence-electron chi connectivity index (χ2n) is 6.19. The number of rotatable bonds is 4. The largest absolute Gasteiger partial charge is 0.375 e. The van der Waals surface area contributed by atoms with Crippen LogP contribution in [0.15, 0.2) is 24.3 Å². The van der Waals surface area contributed by atoms with Gasteiger partial charge in [-0.25, -0.2) is 9.67 Å². The summed E-state index contributed by atoms with van der Waals surface area (Å²) in [6.45, 7) is 4.20. The molecule has 0 aliphatic carbocycles. The van der Waals surface area contributed by atoms with Gasteiger partial charge >= 0.3 is 0 Å². The molecule has 7 heteroatoms. The monoisotopic (exact) mass is 348 g/mol. The molecule has 128 valence electrons. The SMILES string of the molecule is CC[C@@](O)(C(=O)N[C@H]1CCc2nc(C)nn2C1)c1cccc(Cl)c1. The average Bonchev–Trinajstić information content (AvgIpc) is 2.93. The fraction of sp³-hybridized carbons (Fsp3) is 0.471. The summed E-state index contributed by atoms with van der Waals surface area (Å²) in [6, 6.07) is 6.72. The van der Waals surface area contributed by atoms with E-state index in [-0.39, 0.29) is 12.5 Å². The van der Waals surface area contributed by atoms with E-state index >= 15 is 0 Å². The van der Waals surface area contributed by atoms with Crippen LogP contribution in [0.25, 0.3) is 0 Å². The van der Waals surface area contributed by atoms with Gasteiger partial charge in [0.05, 0.1) is 6.54 Å². The highest BCUT2D eigenvalue weighted by Crippen LogP contribution is 2.28. The van der Waals surface area contributed by atoms with Crippen molar-refractivity contribution < 1.29 is 9.90 Å². The van der Waals surface area contributed by atoms with Crippen molar-refractivity contribution in [1.82, 2.24) is 20.1 Å². The maximum Gasteiger partial charge on any atom is 0.256 e. The highest BCUT2D eigenvalue weighted by molar-refractivity contribution is 6.30. The summed E-state index contributed by atoms with van der Waals surface area (Å²) in [5.41, 5.74) is -1.09. The quantitative estimate of drug-likeness (QED) is 0.885. The Labute approximate surface area is 145 Å². The number of benzene rings is 1. The standard InChI is InChI=1S/C17H21ClN4O2/c1-3-17(24,12-5-4-6-13(18)9-12)16(23)20-14-7-8-15-19-11(2)21-22(15)10-14/h4-6,9,14,24H,3,7-8,10H2,1-2H3,(H,20,23)/t14-,17-/m0/s1. The number of hydrogen-bond acceptors (Lipinski definition) is 4. The van der Waals surface area contributed by atoms with Gasteiger partial charge in [-0.3, -0.25) is 4.79 Å². The molecule has 0 saturated carbocycles. The van der Waals surface area contributed by atoms with Crippen LogP contribution in [0.5, 0.6) is 0 Å². The van der Waals surface area contributed by atoms with Crippen molar-refractivity contribution in [3.05, 3.63) is 46.5 Å². The molecule has 0 spiro atoms. The lowest BCUT2D eigenvalue weighted by molar-refractivity contribution is -0.142. The fourth-order valence-corrected chi connectivity index (χ4v) is 3.29. The van der Waals surface area contributed by atoms with Crippen LogP contribution in [0.1, 0.15) is 37.0 Å². The van der Waals surface area contributed by atoms with E-state index < -0.39 is 11.5 Å². The zero-order valence-corrected chi connectivity index (χ0v) is 14.5. The second kappa shape index (κ2) is 6.53. The molecule has 1 aromatic carbocycles. The predicted molar refractivity (Wildman–Crippen MR) is 90.7 cm³/mol. The average molecular weight is 349 g/mol. The number of amides is 1. The number of hydrogen-bond donors (Lipinski definition) is 2. The van der Waals surface area contributed by atoms with Gasteiger partial charge in [0, 0.05) is 17.5 Å². The van der Waals surface area contributed by atoms with Crippen LogP contribution in [0.3, 0.4) is 0 Å². The Morgan fingerprint density at radius 3 is 3.04 bits per heavy atom. The summed E-state index contributed by atoms with van der Waals surface area (Å²) in [6.07, 6.45) is 1.80. The van der Waals surface area contributed by atoms with Gasteiger partial charge in [0.15, 0.2) is 5.60 Å². The Kier molecular flexibility index (Phi) is 4.60. The molecule has 24 heavy (non-hydrogen) atoms. The first-order valence-corrected chi connectivity index (χ1v) is 8.50. The minimum Gasteiger partial charge on any atom is -0.375 e. The number of fused-ring (bicyclic) bond motifs is 1. The summed E-state index contributed by atoms with van der Waals surface area (Å²) >= 11 is 6.00. The van der Waals surface area contributed by atoms with Gasteiger partial charge in [0.1, 0.15) is 11.6 Å². The van der Waals surface area contributed by atoms with Gasteiger partial charge in [-0.2, -0.15) is 5.10 Å². The Bertz CT molecular complexity index is 761. The van der Waals surface area contributed by atoms with Crippen molar-refractivity contribution in [2.24, 2.45) is 0 Å². The summed E-state index contributed by atoms with van der Waals surface area (Å²) in [4.78, 5) is 17.1. The van der Waals surface area contributed by atoms with Crippen LogP contribution in [-0.2, 0) is 23.4 Å². The zero-order chi connectivity index (χ0) is 17.3. The van der Waals surface area contributed by atoms with Crippen LogP contribution in [0.4, 0.5) is 0 Å². The lowest BCUT2D eigenvalue weighted by atomic mass is 9.89. The van der Waals surface area contributed by atoms with Crippen LogP contribution in [0, 0.1) is 6.92 Å². The number of nitrogens with zero attached hydrogens (tertiary/aromatic N) is 3. The van der Waals surface area contributed by atoms with Crippen molar-refractivity contribution in [2.75, 3.05) is 0 Å². The summed E-state index contributed by atoms with van der Waals surface area (Å²) in [5, 5.41) is 18.7. The van der Waals surface area contributed by atoms with E-state index in [4.69, 9.17) is 11.6 Å². The number of aryl methyl sites for hydroxylation is 2. The molecule has 1 aliphatic heterocycles. The number of halogens is 1. The smallest absolute Gasteiger partial charge is 0.256 e. The van der Waals surface area contributed by atoms with E-state index in [2.05, 4.69) is 15.4 Å². The molecule has 2 heterocycles. The second-order valence-corrected chi connectivity index (χ2v) is 6.63. The van der Waals surface area contributed by atoms with Gasteiger partial charge < -0.3 is 10.4 Å².